The molecule has 0 atom stereocenters. The molecule has 3 aromatic carbocycles. The number of carbonyl (C=O) groups excluding carboxylic acids is 1. The minimum atomic E-state index is 0. The maximum absolute atomic E-state index is 12.8. The Balaban J connectivity index is 0.00000289. The fourth-order valence-corrected chi connectivity index (χ4v) is 5.27. The van der Waals surface area contributed by atoms with Crippen molar-refractivity contribution in [1.82, 2.24) is 19.7 Å². The molecule has 7 heteroatoms. The van der Waals surface area contributed by atoms with Gasteiger partial charge in [-0.05, 0) is 36.6 Å². The van der Waals surface area contributed by atoms with E-state index in [4.69, 9.17) is 0 Å². The highest BCUT2D eigenvalue weighted by molar-refractivity contribution is 7.99. The third-order valence-corrected chi connectivity index (χ3v) is 7.42. The Morgan fingerprint density at radius 2 is 1.66 bits per heavy atom. The highest BCUT2D eigenvalue weighted by atomic mass is 35.5. The fraction of sp³-hybridized carbons (Fsp3) is 0.250. The standard InChI is InChI=1S/C28H28N4OS.ClH/c1-31-27(23-11-6-3-7-12-23)29-30-28(31)34-18-8-16-32-17-15-21-13-14-24(19-25(21)20-32)26(33)22-9-4-2-5-10-22;/h2-7,9-14,19H,8,15-18,20H2,1H3;1H. The topological polar surface area (TPSA) is 51.0 Å². The first-order valence-electron chi connectivity index (χ1n) is 11.7. The van der Waals surface area contributed by atoms with E-state index in [0.717, 1.165) is 65.9 Å². The van der Waals surface area contributed by atoms with Gasteiger partial charge in [0.15, 0.2) is 16.8 Å². The molecule has 4 aromatic rings. The molecule has 1 aromatic heterocycles. The van der Waals surface area contributed by atoms with Gasteiger partial charge in [0.05, 0.1) is 0 Å². The molecular weight excluding hydrogens is 476 g/mol. The molecule has 0 amide bonds. The van der Waals surface area contributed by atoms with Gasteiger partial charge < -0.3 is 4.57 Å². The van der Waals surface area contributed by atoms with Crippen molar-refractivity contribution in [2.24, 2.45) is 7.05 Å². The number of fused-ring (bicyclic) bond motifs is 1. The van der Waals surface area contributed by atoms with Gasteiger partial charge in [-0.1, -0.05) is 84.6 Å². The molecule has 0 aliphatic carbocycles. The minimum Gasteiger partial charge on any atom is -0.305 e. The van der Waals surface area contributed by atoms with Crippen LogP contribution >= 0.6 is 24.2 Å². The Morgan fingerprint density at radius 1 is 0.914 bits per heavy atom. The Kier molecular flexibility index (Phi) is 8.39. The smallest absolute Gasteiger partial charge is 0.193 e. The van der Waals surface area contributed by atoms with E-state index in [1.165, 1.54) is 11.1 Å². The molecule has 0 radical (unpaired) electrons. The molecule has 0 unspecified atom stereocenters. The van der Waals surface area contributed by atoms with Crippen molar-refractivity contribution in [3.63, 3.8) is 0 Å². The summed E-state index contributed by atoms with van der Waals surface area (Å²) in [6, 6.07) is 25.9. The van der Waals surface area contributed by atoms with Crippen molar-refractivity contribution in [2.45, 2.75) is 24.5 Å². The molecule has 5 nitrogen and oxygen atoms in total. The molecule has 5 rings (SSSR count). The molecular formula is C28H29ClN4OS. The molecule has 180 valence electrons. The lowest BCUT2D eigenvalue weighted by Crippen LogP contribution is -2.31. The quantitative estimate of drug-likeness (QED) is 0.176. The average Bonchev–Trinajstić information content (AvgIpc) is 3.26. The molecule has 0 saturated carbocycles. The summed E-state index contributed by atoms with van der Waals surface area (Å²) in [6.07, 6.45) is 2.11. The van der Waals surface area contributed by atoms with Crippen LogP contribution in [0.2, 0.25) is 0 Å². The molecule has 2 heterocycles. The van der Waals surface area contributed by atoms with Crippen molar-refractivity contribution >= 4 is 30.0 Å². The summed E-state index contributed by atoms with van der Waals surface area (Å²) in [4.78, 5) is 15.3. The second-order valence-corrected chi connectivity index (χ2v) is 9.70. The van der Waals surface area contributed by atoms with E-state index in [1.54, 1.807) is 11.8 Å². The minimum absolute atomic E-state index is 0. The number of benzene rings is 3. The van der Waals surface area contributed by atoms with Crippen LogP contribution in [0.3, 0.4) is 0 Å². The highest BCUT2D eigenvalue weighted by Gasteiger charge is 2.18. The number of ketones is 1. The van der Waals surface area contributed by atoms with Crippen LogP contribution < -0.4 is 0 Å². The summed E-state index contributed by atoms with van der Waals surface area (Å²) in [6.45, 7) is 3.00. The van der Waals surface area contributed by atoms with Crippen LogP contribution in [0.15, 0.2) is 84.0 Å². The van der Waals surface area contributed by atoms with E-state index in [0.29, 0.717) is 0 Å². The normalized spacial score (nSPS) is 13.2. The van der Waals surface area contributed by atoms with Crippen LogP contribution in [0.4, 0.5) is 0 Å². The molecule has 0 N–H and O–H groups in total. The summed E-state index contributed by atoms with van der Waals surface area (Å²) >= 11 is 1.76. The molecule has 0 bridgehead atoms. The molecule has 0 saturated heterocycles. The summed E-state index contributed by atoms with van der Waals surface area (Å²) in [5.74, 6) is 1.99. The maximum Gasteiger partial charge on any atom is 0.193 e. The SMILES string of the molecule is Cl.Cn1c(SCCCN2CCc3ccc(C(=O)c4ccccc4)cc3C2)nnc1-c1ccccc1. The Morgan fingerprint density at radius 3 is 2.43 bits per heavy atom. The number of rotatable bonds is 8. The van der Waals surface area contributed by atoms with Crippen LogP contribution in [0, 0.1) is 0 Å². The van der Waals surface area contributed by atoms with E-state index in [2.05, 4.69) is 43.9 Å². The average molecular weight is 505 g/mol. The largest absolute Gasteiger partial charge is 0.305 e. The van der Waals surface area contributed by atoms with E-state index in [1.807, 2.05) is 61.6 Å². The molecule has 0 spiro atoms. The van der Waals surface area contributed by atoms with Gasteiger partial charge in [0.1, 0.15) is 0 Å². The van der Waals surface area contributed by atoms with Crippen LogP contribution in [-0.2, 0) is 20.0 Å². The Hall–Kier alpha value is -2.93. The Labute approximate surface area is 217 Å². The van der Waals surface area contributed by atoms with Gasteiger partial charge in [-0.3, -0.25) is 9.69 Å². The van der Waals surface area contributed by atoms with Gasteiger partial charge in [0.2, 0.25) is 0 Å². The van der Waals surface area contributed by atoms with E-state index in [9.17, 15) is 4.79 Å². The molecule has 1 aliphatic rings. The molecule has 35 heavy (non-hydrogen) atoms. The monoisotopic (exact) mass is 504 g/mol. The van der Waals surface area contributed by atoms with E-state index < -0.39 is 0 Å². The zero-order chi connectivity index (χ0) is 23.3. The number of halogens is 1. The first-order valence-corrected chi connectivity index (χ1v) is 12.7. The van der Waals surface area contributed by atoms with Crippen molar-refractivity contribution in [3.8, 4) is 11.4 Å². The summed E-state index contributed by atoms with van der Waals surface area (Å²) < 4.78 is 2.07. The highest BCUT2D eigenvalue weighted by Crippen LogP contribution is 2.25. The van der Waals surface area contributed by atoms with Crippen LogP contribution in [0.1, 0.15) is 33.5 Å². The summed E-state index contributed by atoms with van der Waals surface area (Å²) in [7, 11) is 2.03. The van der Waals surface area contributed by atoms with E-state index in [-0.39, 0.29) is 18.2 Å². The van der Waals surface area contributed by atoms with E-state index >= 15 is 0 Å². The van der Waals surface area contributed by atoms with Crippen molar-refractivity contribution in [2.75, 3.05) is 18.8 Å². The van der Waals surface area contributed by atoms with Crippen molar-refractivity contribution < 1.29 is 4.79 Å². The number of carbonyl (C=O) groups is 1. The van der Waals surface area contributed by atoms with Gasteiger partial charge in [0.25, 0.3) is 0 Å². The lowest BCUT2D eigenvalue weighted by Gasteiger charge is -2.29. The zero-order valence-electron chi connectivity index (χ0n) is 19.8. The number of thioether (sulfide) groups is 1. The third kappa shape index (κ3) is 5.84. The van der Waals surface area contributed by atoms with Gasteiger partial charge in [-0.15, -0.1) is 22.6 Å². The zero-order valence-corrected chi connectivity index (χ0v) is 21.4. The Bertz CT molecular complexity index is 1280. The summed E-state index contributed by atoms with van der Waals surface area (Å²) in [5.41, 5.74) is 5.25. The first kappa shape index (κ1) is 25.2. The van der Waals surface area contributed by atoms with Crippen molar-refractivity contribution in [3.05, 3.63) is 101 Å². The second kappa shape index (κ2) is 11.7. The number of hydrogen-bond donors (Lipinski definition) is 0. The maximum atomic E-state index is 12.8. The van der Waals surface area contributed by atoms with Gasteiger partial charge in [-0.25, -0.2) is 0 Å². The third-order valence-electron chi connectivity index (χ3n) is 6.31. The first-order chi connectivity index (χ1) is 16.7. The number of aromatic nitrogens is 3. The van der Waals surface area contributed by atoms with Crippen LogP contribution in [0.5, 0.6) is 0 Å². The van der Waals surface area contributed by atoms with Crippen molar-refractivity contribution in [1.29, 1.82) is 0 Å². The number of hydrogen-bond acceptors (Lipinski definition) is 5. The number of nitrogens with zero attached hydrogens (tertiary/aromatic N) is 4. The van der Waals surface area contributed by atoms with Gasteiger partial charge in [-0.2, -0.15) is 0 Å². The second-order valence-electron chi connectivity index (χ2n) is 8.64. The van der Waals surface area contributed by atoms with Gasteiger partial charge >= 0.3 is 0 Å². The lowest BCUT2D eigenvalue weighted by atomic mass is 9.94. The van der Waals surface area contributed by atoms with Gasteiger partial charge in [0, 0.05) is 42.6 Å². The molecule has 0 fully saturated rings. The predicted molar refractivity (Wildman–Crippen MR) is 144 cm³/mol. The molecule has 1 aliphatic heterocycles. The fourth-order valence-electron chi connectivity index (χ4n) is 4.43. The van der Waals surface area contributed by atoms with Crippen LogP contribution in [0.25, 0.3) is 11.4 Å². The lowest BCUT2D eigenvalue weighted by molar-refractivity contribution is 0.103. The summed E-state index contributed by atoms with van der Waals surface area (Å²) in [5, 5.41) is 9.72. The van der Waals surface area contributed by atoms with Crippen LogP contribution in [-0.4, -0.2) is 44.3 Å². The predicted octanol–water partition coefficient (Wildman–Crippen LogP) is 5.68.